The van der Waals surface area contributed by atoms with Crippen LogP contribution in [0.25, 0.3) is 0 Å². The van der Waals surface area contributed by atoms with Crippen LogP contribution in [-0.2, 0) is 0 Å². The predicted molar refractivity (Wildman–Crippen MR) is 100 cm³/mol. The number of aromatic carboxylic acids is 1. The molecule has 4 heteroatoms. The van der Waals surface area contributed by atoms with Crippen molar-refractivity contribution in [3.63, 3.8) is 0 Å². The molecule has 1 aromatic carbocycles. The van der Waals surface area contributed by atoms with Crippen LogP contribution in [0.1, 0.15) is 44.0 Å². The Kier molecular flexibility index (Phi) is 4.06. The van der Waals surface area contributed by atoms with E-state index in [0.717, 1.165) is 55.7 Å². The first-order valence-electron chi connectivity index (χ1n) is 9.70. The molecule has 136 valence electrons. The number of carboxylic acid groups (broad SMARTS) is 1. The molecule has 0 aromatic heterocycles. The van der Waals surface area contributed by atoms with Crippen molar-refractivity contribution in [1.29, 1.82) is 0 Å². The van der Waals surface area contributed by atoms with Gasteiger partial charge in [-0.2, -0.15) is 0 Å². The molecule has 25 heavy (non-hydrogen) atoms. The van der Waals surface area contributed by atoms with Gasteiger partial charge in [0.1, 0.15) is 0 Å². The number of hydrogen-bond acceptors (Lipinski definition) is 3. The van der Waals surface area contributed by atoms with Crippen molar-refractivity contribution in [3.8, 4) is 0 Å². The van der Waals surface area contributed by atoms with Crippen molar-refractivity contribution in [1.82, 2.24) is 4.90 Å². The van der Waals surface area contributed by atoms with E-state index in [2.05, 4.69) is 30.6 Å². The Morgan fingerprint density at radius 2 is 1.72 bits per heavy atom. The minimum atomic E-state index is -0.857. The van der Waals surface area contributed by atoms with E-state index in [9.17, 15) is 4.79 Å². The van der Waals surface area contributed by atoms with Gasteiger partial charge >= 0.3 is 5.97 Å². The number of benzene rings is 1. The average molecular weight is 342 g/mol. The fourth-order valence-electron chi connectivity index (χ4n) is 5.73. The lowest BCUT2D eigenvalue weighted by atomic mass is 9.44. The maximum atomic E-state index is 11.0. The van der Waals surface area contributed by atoms with Gasteiger partial charge in [0.05, 0.1) is 5.56 Å². The molecule has 0 amide bonds. The monoisotopic (exact) mass is 342 g/mol. The Balaban J connectivity index is 1.37. The SMILES string of the molecule is CC1C(N2CCN(c3ccc(C(=O)O)cc3)CC2)CC2CC1C2(C)C. The molecule has 2 bridgehead atoms. The third kappa shape index (κ3) is 2.75. The second kappa shape index (κ2) is 6.01. The molecule has 4 fully saturated rings. The van der Waals surface area contributed by atoms with E-state index in [1.54, 1.807) is 12.1 Å². The summed E-state index contributed by atoms with van der Waals surface area (Å²) in [4.78, 5) is 16.1. The van der Waals surface area contributed by atoms with Crippen LogP contribution in [0, 0.1) is 23.2 Å². The molecule has 1 N–H and O–H groups in total. The first-order chi connectivity index (χ1) is 11.9. The summed E-state index contributed by atoms with van der Waals surface area (Å²) in [5.74, 6) is 1.77. The van der Waals surface area contributed by atoms with Gasteiger partial charge in [-0.1, -0.05) is 20.8 Å². The van der Waals surface area contributed by atoms with Crippen molar-refractivity contribution >= 4 is 11.7 Å². The molecule has 1 saturated heterocycles. The zero-order valence-electron chi connectivity index (χ0n) is 15.6. The van der Waals surface area contributed by atoms with E-state index in [1.165, 1.54) is 12.8 Å². The predicted octanol–water partition coefficient (Wildman–Crippen LogP) is 3.58. The molecule has 1 aliphatic heterocycles. The summed E-state index contributed by atoms with van der Waals surface area (Å²) in [6, 6.07) is 8.07. The van der Waals surface area contributed by atoms with Gasteiger partial charge in [-0.3, -0.25) is 4.90 Å². The van der Waals surface area contributed by atoms with Crippen molar-refractivity contribution in [3.05, 3.63) is 29.8 Å². The molecule has 0 spiro atoms. The summed E-state index contributed by atoms with van der Waals surface area (Å²) in [6.07, 6.45) is 2.82. The smallest absolute Gasteiger partial charge is 0.335 e. The molecule has 1 aromatic rings. The van der Waals surface area contributed by atoms with Crippen LogP contribution in [0.2, 0.25) is 0 Å². The number of nitrogens with zero attached hydrogens (tertiary/aromatic N) is 2. The van der Waals surface area contributed by atoms with Gasteiger partial charge in [0.25, 0.3) is 0 Å². The zero-order valence-corrected chi connectivity index (χ0v) is 15.6. The van der Waals surface area contributed by atoms with Crippen molar-refractivity contribution < 1.29 is 9.90 Å². The van der Waals surface area contributed by atoms with E-state index in [0.29, 0.717) is 11.0 Å². The highest BCUT2D eigenvalue weighted by Crippen LogP contribution is 2.62. The first-order valence-corrected chi connectivity index (χ1v) is 9.70. The molecule has 4 aliphatic rings. The number of carbonyl (C=O) groups is 1. The van der Waals surface area contributed by atoms with Gasteiger partial charge in [0, 0.05) is 37.9 Å². The van der Waals surface area contributed by atoms with Gasteiger partial charge in [-0.05, 0) is 60.3 Å². The highest BCUT2D eigenvalue weighted by Gasteiger charge is 2.57. The van der Waals surface area contributed by atoms with Crippen molar-refractivity contribution in [2.45, 2.75) is 39.7 Å². The summed E-state index contributed by atoms with van der Waals surface area (Å²) in [5, 5.41) is 9.03. The molecule has 1 heterocycles. The second-order valence-electron chi connectivity index (χ2n) is 8.90. The molecular weight excluding hydrogens is 312 g/mol. The number of anilines is 1. The summed E-state index contributed by atoms with van der Waals surface area (Å²) >= 11 is 0. The van der Waals surface area contributed by atoms with E-state index >= 15 is 0 Å². The third-order valence-corrected chi connectivity index (χ3v) is 7.58. The Hall–Kier alpha value is -1.55. The lowest BCUT2D eigenvalue weighted by molar-refractivity contribution is -0.139. The van der Waals surface area contributed by atoms with Crippen LogP contribution >= 0.6 is 0 Å². The highest BCUT2D eigenvalue weighted by molar-refractivity contribution is 5.88. The minimum absolute atomic E-state index is 0.361. The fourth-order valence-corrected chi connectivity index (χ4v) is 5.73. The molecule has 3 aliphatic carbocycles. The molecule has 4 nitrogen and oxygen atoms in total. The Morgan fingerprint density at radius 3 is 2.24 bits per heavy atom. The molecule has 4 unspecified atom stereocenters. The van der Waals surface area contributed by atoms with Crippen molar-refractivity contribution in [2.75, 3.05) is 31.1 Å². The van der Waals surface area contributed by atoms with Gasteiger partial charge in [0.2, 0.25) is 0 Å². The Bertz CT molecular complexity index is 646. The zero-order chi connectivity index (χ0) is 17.8. The number of piperazine rings is 1. The summed E-state index contributed by atoms with van der Waals surface area (Å²) in [6.45, 7) is 11.7. The van der Waals surface area contributed by atoms with Crippen LogP contribution in [0.4, 0.5) is 5.69 Å². The average Bonchev–Trinajstić information content (AvgIpc) is 2.61. The summed E-state index contributed by atoms with van der Waals surface area (Å²) in [7, 11) is 0. The van der Waals surface area contributed by atoms with Crippen LogP contribution in [-0.4, -0.2) is 48.2 Å². The molecule has 4 atom stereocenters. The van der Waals surface area contributed by atoms with Gasteiger partial charge in [-0.15, -0.1) is 0 Å². The molecule has 3 saturated carbocycles. The van der Waals surface area contributed by atoms with E-state index in [4.69, 9.17) is 5.11 Å². The molecular formula is C21H30N2O2. The van der Waals surface area contributed by atoms with Gasteiger partial charge < -0.3 is 10.0 Å². The highest BCUT2D eigenvalue weighted by atomic mass is 16.4. The molecule has 5 rings (SSSR count). The normalized spacial score (nSPS) is 34.4. The summed E-state index contributed by atoms with van der Waals surface area (Å²) in [5.41, 5.74) is 2.06. The quantitative estimate of drug-likeness (QED) is 0.912. The fraction of sp³-hybridized carbons (Fsp3) is 0.667. The third-order valence-electron chi connectivity index (χ3n) is 7.58. The minimum Gasteiger partial charge on any atom is -0.478 e. The number of carboxylic acids is 1. The topological polar surface area (TPSA) is 43.8 Å². The standard InChI is InChI=1S/C21H30N2O2/c1-14-18-12-16(21(18,2)3)13-19(14)23-10-8-22(9-11-23)17-6-4-15(5-7-17)20(24)25/h4-7,14,16,18-19H,8-13H2,1-3H3,(H,24,25). The number of fused-ring (bicyclic) bond motifs is 2. The largest absolute Gasteiger partial charge is 0.478 e. The van der Waals surface area contributed by atoms with E-state index in [-0.39, 0.29) is 0 Å². The second-order valence-corrected chi connectivity index (χ2v) is 8.90. The Morgan fingerprint density at radius 1 is 1.08 bits per heavy atom. The van der Waals surface area contributed by atoms with E-state index < -0.39 is 5.97 Å². The van der Waals surface area contributed by atoms with Gasteiger partial charge in [-0.25, -0.2) is 4.79 Å². The van der Waals surface area contributed by atoms with Crippen LogP contribution < -0.4 is 4.90 Å². The van der Waals surface area contributed by atoms with Gasteiger partial charge in [0.15, 0.2) is 0 Å². The maximum absolute atomic E-state index is 11.0. The lowest BCUT2D eigenvalue weighted by Gasteiger charge is -2.64. The number of rotatable bonds is 3. The first kappa shape index (κ1) is 16.9. The van der Waals surface area contributed by atoms with Crippen LogP contribution in [0.5, 0.6) is 0 Å². The van der Waals surface area contributed by atoms with Crippen LogP contribution in [0.3, 0.4) is 0 Å². The Labute approximate surface area is 150 Å². The van der Waals surface area contributed by atoms with Crippen molar-refractivity contribution in [2.24, 2.45) is 23.2 Å². The van der Waals surface area contributed by atoms with E-state index in [1.807, 2.05) is 12.1 Å². The lowest BCUT2D eigenvalue weighted by Crippen LogP contribution is -2.63. The maximum Gasteiger partial charge on any atom is 0.335 e. The molecule has 0 radical (unpaired) electrons. The number of hydrogen-bond donors (Lipinski definition) is 1. The summed E-state index contributed by atoms with van der Waals surface area (Å²) < 4.78 is 0. The van der Waals surface area contributed by atoms with Crippen LogP contribution in [0.15, 0.2) is 24.3 Å².